The molecule has 1 aliphatic rings. The summed E-state index contributed by atoms with van der Waals surface area (Å²) in [5, 5.41) is 17.0. The van der Waals surface area contributed by atoms with Crippen molar-refractivity contribution in [2.45, 2.75) is 32.8 Å². The number of carbonyl (C=O) groups is 1. The standard InChI is InChI=1S/C15H26N4O2/c1-11-4-6-19(7-5-11)10-13(20)9-16-15(21)14-8-12(2)17-18(14)3/h8,11,13,20H,4-7,9-10H2,1-3H3,(H,16,21). The van der Waals surface area contributed by atoms with Gasteiger partial charge in [0, 0.05) is 20.1 Å². The number of aromatic nitrogens is 2. The van der Waals surface area contributed by atoms with Gasteiger partial charge in [0.25, 0.3) is 5.91 Å². The number of nitrogens with zero attached hydrogens (tertiary/aromatic N) is 3. The summed E-state index contributed by atoms with van der Waals surface area (Å²) in [5.74, 6) is 0.593. The second kappa shape index (κ2) is 7.04. The summed E-state index contributed by atoms with van der Waals surface area (Å²) in [6, 6.07) is 1.74. The molecule has 0 aromatic carbocycles. The van der Waals surface area contributed by atoms with Gasteiger partial charge in [0.1, 0.15) is 5.69 Å². The van der Waals surface area contributed by atoms with Crippen molar-refractivity contribution in [3.05, 3.63) is 17.5 Å². The monoisotopic (exact) mass is 294 g/mol. The molecule has 6 nitrogen and oxygen atoms in total. The zero-order valence-corrected chi connectivity index (χ0v) is 13.2. The number of aliphatic hydroxyl groups is 1. The van der Waals surface area contributed by atoms with Crippen LogP contribution in [-0.2, 0) is 7.05 Å². The lowest BCUT2D eigenvalue weighted by Crippen LogP contribution is -2.43. The van der Waals surface area contributed by atoms with Crippen molar-refractivity contribution >= 4 is 5.91 Å². The smallest absolute Gasteiger partial charge is 0.269 e. The number of piperidine rings is 1. The van der Waals surface area contributed by atoms with E-state index in [9.17, 15) is 9.90 Å². The van der Waals surface area contributed by atoms with Gasteiger partial charge < -0.3 is 15.3 Å². The van der Waals surface area contributed by atoms with Crippen molar-refractivity contribution in [2.75, 3.05) is 26.2 Å². The fourth-order valence-corrected chi connectivity index (χ4v) is 2.73. The van der Waals surface area contributed by atoms with Gasteiger partial charge in [0.2, 0.25) is 0 Å². The largest absolute Gasteiger partial charge is 0.390 e. The topological polar surface area (TPSA) is 70.4 Å². The first-order valence-electron chi connectivity index (χ1n) is 7.65. The summed E-state index contributed by atoms with van der Waals surface area (Å²) in [5.41, 5.74) is 1.33. The minimum absolute atomic E-state index is 0.190. The van der Waals surface area contributed by atoms with Crippen LogP contribution in [0.1, 0.15) is 35.9 Å². The van der Waals surface area contributed by atoms with Gasteiger partial charge in [-0.2, -0.15) is 5.10 Å². The zero-order chi connectivity index (χ0) is 15.4. The van der Waals surface area contributed by atoms with Crippen LogP contribution in [0.3, 0.4) is 0 Å². The Kier molecular flexibility index (Phi) is 5.36. The van der Waals surface area contributed by atoms with Crippen molar-refractivity contribution in [3.8, 4) is 0 Å². The van der Waals surface area contributed by atoms with E-state index in [0.29, 0.717) is 12.2 Å². The summed E-state index contributed by atoms with van der Waals surface area (Å²) in [7, 11) is 1.74. The fourth-order valence-electron chi connectivity index (χ4n) is 2.73. The SMILES string of the molecule is Cc1cc(C(=O)NCC(O)CN2CCC(C)CC2)n(C)n1. The maximum Gasteiger partial charge on any atom is 0.269 e. The molecule has 0 radical (unpaired) electrons. The average Bonchev–Trinajstić information content (AvgIpc) is 2.78. The number of aryl methyl sites for hydroxylation is 2. The van der Waals surface area contributed by atoms with Crippen LogP contribution < -0.4 is 5.32 Å². The molecule has 1 aromatic heterocycles. The van der Waals surface area contributed by atoms with Crippen LogP contribution in [0.4, 0.5) is 0 Å². The van der Waals surface area contributed by atoms with E-state index in [0.717, 1.165) is 24.7 Å². The Morgan fingerprint density at radius 3 is 2.76 bits per heavy atom. The van der Waals surface area contributed by atoms with Crippen molar-refractivity contribution < 1.29 is 9.90 Å². The van der Waals surface area contributed by atoms with E-state index in [-0.39, 0.29) is 12.5 Å². The van der Waals surface area contributed by atoms with Crippen LogP contribution >= 0.6 is 0 Å². The Hall–Kier alpha value is -1.40. The number of hydrogen-bond acceptors (Lipinski definition) is 4. The molecule has 0 spiro atoms. The third-order valence-corrected chi connectivity index (χ3v) is 4.08. The number of carbonyl (C=O) groups excluding carboxylic acids is 1. The molecule has 2 N–H and O–H groups in total. The molecule has 0 saturated carbocycles. The van der Waals surface area contributed by atoms with E-state index >= 15 is 0 Å². The van der Waals surface area contributed by atoms with Crippen LogP contribution in [0.2, 0.25) is 0 Å². The lowest BCUT2D eigenvalue weighted by atomic mass is 9.99. The highest BCUT2D eigenvalue weighted by Crippen LogP contribution is 2.15. The number of β-amino-alcohol motifs (C(OH)–C–C–N with tert-alkyl or cyclic N) is 1. The predicted molar refractivity (Wildman–Crippen MR) is 81.1 cm³/mol. The molecule has 1 amide bonds. The average molecular weight is 294 g/mol. The summed E-state index contributed by atoms with van der Waals surface area (Å²) in [6.07, 6.45) is 1.84. The molecule has 1 saturated heterocycles. The van der Waals surface area contributed by atoms with E-state index in [1.807, 2.05) is 6.92 Å². The van der Waals surface area contributed by atoms with E-state index in [1.165, 1.54) is 12.8 Å². The second-order valence-electron chi connectivity index (χ2n) is 6.14. The highest BCUT2D eigenvalue weighted by atomic mass is 16.3. The Morgan fingerprint density at radius 1 is 1.52 bits per heavy atom. The molecule has 1 aliphatic heterocycles. The molecule has 2 rings (SSSR count). The number of amides is 1. The molecule has 1 aromatic rings. The summed E-state index contributed by atoms with van der Waals surface area (Å²) < 4.78 is 1.56. The van der Waals surface area contributed by atoms with Crippen molar-refractivity contribution in [3.63, 3.8) is 0 Å². The van der Waals surface area contributed by atoms with Gasteiger partial charge >= 0.3 is 0 Å². The summed E-state index contributed by atoms with van der Waals surface area (Å²) >= 11 is 0. The first-order chi connectivity index (χ1) is 9.95. The molecule has 6 heteroatoms. The van der Waals surface area contributed by atoms with E-state index in [1.54, 1.807) is 17.8 Å². The minimum atomic E-state index is -0.531. The van der Waals surface area contributed by atoms with Crippen LogP contribution in [0, 0.1) is 12.8 Å². The van der Waals surface area contributed by atoms with E-state index in [2.05, 4.69) is 22.2 Å². The first-order valence-corrected chi connectivity index (χ1v) is 7.65. The highest BCUT2D eigenvalue weighted by molar-refractivity contribution is 5.92. The number of aliphatic hydroxyl groups excluding tert-OH is 1. The number of likely N-dealkylation sites (tertiary alicyclic amines) is 1. The zero-order valence-electron chi connectivity index (χ0n) is 13.2. The lowest BCUT2D eigenvalue weighted by Gasteiger charge is -2.31. The lowest BCUT2D eigenvalue weighted by molar-refractivity contribution is 0.0790. The predicted octanol–water partition coefficient (Wildman–Crippen LogP) is 0.551. The fraction of sp³-hybridized carbons (Fsp3) is 0.733. The maximum atomic E-state index is 12.0. The van der Waals surface area contributed by atoms with Gasteiger partial charge in [-0.25, -0.2) is 0 Å². The molecule has 0 bridgehead atoms. The van der Waals surface area contributed by atoms with Crippen molar-refractivity contribution in [1.29, 1.82) is 0 Å². The van der Waals surface area contributed by atoms with Crippen LogP contribution in [-0.4, -0.2) is 58.0 Å². The van der Waals surface area contributed by atoms with Crippen LogP contribution in [0.25, 0.3) is 0 Å². The molecule has 1 fully saturated rings. The van der Waals surface area contributed by atoms with Crippen LogP contribution in [0.15, 0.2) is 6.07 Å². The van der Waals surface area contributed by atoms with Gasteiger partial charge in [-0.1, -0.05) is 6.92 Å². The molecule has 1 atom stereocenters. The van der Waals surface area contributed by atoms with Gasteiger partial charge in [-0.3, -0.25) is 9.48 Å². The Balaban J connectivity index is 1.74. The van der Waals surface area contributed by atoms with Gasteiger partial charge in [0.05, 0.1) is 11.8 Å². The quantitative estimate of drug-likeness (QED) is 0.832. The number of nitrogens with one attached hydrogen (secondary N) is 1. The molecule has 0 aliphatic carbocycles. The first kappa shape index (κ1) is 16.0. The minimum Gasteiger partial charge on any atom is -0.390 e. The van der Waals surface area contributed by atoms with E-state index in [4.69, 9.17) is 0 Å². The third kappa shape index (κ3) is 4.54. The molecular formula is C15H26N4O2. The highest BCUT2D eigenvalue weighted by Gasteiger charge is 2.19. The van der Waals surface area contributed by atoms with Crippen LogP contribution in [0.5, 0.6) is 0 Å². The van der Waals surface area contributed by atoms with Gasteiger partial charge in [-0.15, -0.1) is 0 Å². The third-order valence-electron chi connectivity index (χ3n) is 4.08. The van der Waals surface area contributed by atoms with Gasteiger partial charge in [-0.05, 0) is 44.8 Å². The normalized spacial score (nSPS) is 18.7. The second-order valence-corrected chi connectivity index (χ2v) is 6.14. The van der Waals surface area contributed by atoms with Gasteiger partial charge in [0.15, 0.2) is 0 Å². The molecule has 118 valence electrons. The van der Waals surface area contributed by atoms with Crippen molar-refractivity contribution in [1.82, 2.24) is 20.0 Å². The van der Waals surface area contributed by atoms with E-state index < -0.39 is 6.10 Å². The molecule has 2 heterocycles. The van der Waals surface area contributed by atoms with Crippen molar-refractivity contribution in [2.24, 2.45) is 13.0 Å². The molecule has 21 heavy (non-hydrogen) atoms. The number of rotatable bonds is 5. The maximum absolute atomic E-state index is 12.0. The molecular weight excluding hydrogens is 268 g/mol. The molecule has 1 unspecified atom stereocenters. The Morgan fingerprint density at radius 2 is 2.19 bits per heavy atom. The summed E-state index contributed by atoms with van der Waals surface area (Å²) in [6.45, 7) is 7.08. The Labute approximate surface area is 126 Å². The number of hydrogen-bond donors (Lipinski definition) is 2. The summed E-state index contributed by atoms with van der Waals surface area (Å²) in [4.78, 5) is 14.3. The Bertz CT molecular complexity index is 478.